The summed E-state index contributed by atoms with van der Waals surface area (Å²) in [5, 5.41) is 3.16. The molecule has 2 aromatic carbocycles. The van der Waals surface area contributed by atoms with E-state index in [1.165, 1.54) is 35.9 Å². The lowest BCUT2D eigenvalue weighted by Crippen LogP contribution is -2.35. The van der Waals surface area contributed by atoms with E-state index in [1.807, 2.05) is 0 Å². The van der Waals surface area contributed by atoms with Gasteiger partial charge in [-0.15, -0.1) is 11.8 Å². The van der Waals surface area contributed by atoms with Crippen molar-refractivity contribution in [3.63, 3.8) is 0 Å². The number of hydrogen-bond acceptors (Lipinski definition) is 4. The number of amides is 2. The first-order chi connectivity index (χ1) is 12.9. The van der Waals surface area contributed by atoms with Crippen molar-refractivity contribution in [1.29, 1.82) is 0 Å². The van der Waals surface area contributed by atoms with Gasteiger partial charge in [0.05, 0.1) is 19.3 Å². The van der Waals surface area contributed by atoms with E-state index < -0.39 is 0 Å². The number of halogens is 2. The summed E-state index contributed by atoms with van der Waals surface area (Å²) < 4.78 is 18.0. The van der Waals surface area contributed by atoms with Crippen LogP contribution in [-0.4, -0.2) is 43.2 Å². The van der Waals surface area contributed by atoms with E-state index in [-0.39, 0.29) is 30.6 Å². The quantitative estimate of drug-likeness (QED) is 0.666. The lowest BCUT2D eigenvalue weighted by Gasteiger charge is -2.17. The van der Waals surface area contributed by atoms with Gasteiger partial charge < -0.3 is 15.0 Å². The minimum absolute atomic E-state index is 0.0876. The number of carbonyl (C=O) groups excluding carboxylic acids is 2. The second kappa shape index (κ2) is 10.2. The second-order valence-corrected chi connectivity index (χ2v) is 7.30. The fourth-order valence-corrected chi connectivity index (χ4v) is 3.26. The molecule has 0 saturated carbocycles. The zero-order valence-corrected chi connectivity index (χ0v) is 16.6. The van der Waals surface area contributed by atoms with Crippen LogP contribution in [0.3, 0.4) is 0 Å². The van der Waals surface area contributed by atoms with Crippen LogP contribution in [0.1, 0.15) is 6.42 Å². The van der Waals surface area contributed by atoms with Crippen LogP contribution >= 0.6 is 23.4 Å². The first-order valence-corrected chi connectivity index (χ1v) is 9.51. The molecule has 0 bridgehead atoms. The molecule has 0 aromatic heterocycles. The number of nitrogens with one attached hydrogen (secondary N) is 1. The Hall–Kier alpha value is -2.25. The van der Waals surface area contributed by atoms with Gasteiger partial charge in [0, 0.05) is 29.1 Å². The molecule has 0 aliphatic carbocycles. The predicted molar refractivity (Wildman–Crippen MR) is 106 cm³/mol. The van der Waals surface area contributed by atoms with E-state index in [2.05, 4.69) is 5.32 Å². The fraction of sp³-hybridized carbons (Fsp3) is 0.263. The maximum absolute atomic E-state index is 12.9. The molecule has 0 aliphatic heterocycles. The van der Waals surface area contributed by atoms with Gasteiger partial charge in [-0.25, -0.2) is 4.39 Å². The number of hydrogen-bond donors (Lipinski definition) is 1. The molecular weight excluding hydrogens is 391 g/mol. The number of benzene rings is 2. The second-order valence-electron chi connectivity index (χ2n) is 5.69. The molecule has 0 spiro atoms. The van der Waals surface area contributed by atoms with E-state index in [0.29, 0.717) is 22.2 Å². The molecular formula is C19H20ClFN2O3S. The lowest BCUT2D eigenvalue weighted by molar-refractivity contribution is -0.132. The Morgan fingerprint density at radius 1 is 1.22 bits per heavy atom. The summed E-state index contributed by atoms with van der Waals surface area (Å²) in [7, 11) is 3.06. The maximum atomic E-state index is 12.9. The van der Waals surface area contributed by atoms with E-state index in [9.17, 15) is 14.0 Å². The Bertz CT molecular complexity index is 802. The minimum Gasteiger partial charge on any atom is -0.495 e. The van der Waals surface area contributed by atoms with E-state index in [0.717, 1.165) is 4.90 Å². The van der Waals surface area contributed by atoms with Crippen LogP contribution in [0, 0.1) is 5.82 Å². The minimum atomic E-state index is -0.349. The summed E-state index contributed by atoms with van der Waals surface area (Å²) in [6.45, 7) is -0.0876. The fourth-order valence-electron chi connectivity index (χ4n) is 2.25. The number of carbonyl (C=O) groups is 2. The highest BCUT2D eigenvalue weighted by Crippen LogP contribution is 2.27. The topological polar surface area (TPSA) is 58.6 Å². The van der Waals surface area contributed by atoms with E-state index in [1.54, 1.807) is 37.4 Å². The van der Waals surface area contributed by atoms with E-state index in [4.69, 9.17) is 16.3 Å². The van der Waals surface area contributed by atoms with Gasteiger partial charge >= 0.3 is 0 Å². The maximum Gasteiger partial charge on any atom is 0.244 e. The zero-order chi connectivity index (χ0) is 19.8. The number of nitrogens with zero attached hydrogens (tertiary/aromatic N) is 1. The number of thioether (sulfide) groups is 1. The number of ether oxygens (including phenoxy) is 1. The van der Waals surface area contributed by atoms with Crippen LogP contribution in [0.2, 0.25) is 5.02 Å². The summed E-state index contributed by atoms with van der Waals surface area (Å²) in [5.41, 5.74) is 0.447. The van der Waals surface area contributed by atoms with Gasteiger partial charge in [-0.05, 0) is 42.5 Å². The van der Waals surface area contributed by atoms with Crippen LogP contribution in [0.15, 0.2) is 47.4 Å². The van der Waals surface area contributed by atoms with Crippen molar-refractivity contribution in [1.82, 2.24) is 4.90 Å². The summed E-state index contributed by atoms with van der Waals surface area (Å²) in [6.07, 6.45) is 0.270. The Balaban J connectivity index is 1.80. The molecule has 2 amide bonds. The Labute approximate surface area is 166 Å². The SMILES string of the molecule is COc1ccc(Cl)cc1NC(=O)CN(C)C(=O)CCSc1ccc(F)cc1. The molecule has 144 valence electrons. The van der Waals surface area contributed by atoms with Gasteiger partial charge in [0.15, 0.2) is 0 Å². The number of methoxy groups -OCH3 is 1. The van der Waals surface area contributed by atoms with Crippen molar-refractivity contribution in [3.05, 3.63) is 53.3 Å². The zero-order valence-electron chi connectivity index (χ0n) is 15.0. The average molecular weight is 411 g/mol. The van der Waals surface area contributed by atoms with Gasteiger partial charge in [0.1, 0.15) is 11.6 Å². The molecule has 2 aromatic rings. The molecule has 1 N–H and O–H groups in total. The number of anilines is 1. The third-order valence-electron chi connectivity index (χ3n) is 3.64. The third-order valence-corrected chi connectivity index (χ3v) is 4.89. The molecule has 8 heteroatoms. The summed E-state index contributed by atoms with van der Waals surface area (Å²) in [6, 6.07) is 11.0. The normalized spacial score (nSPS) is 10.4. The van der Waals surface area contributed by atoms with Crippen LogP contribution in [-0.2, 0) is 9.59 Å². The van der Waals surface area contributed by atoms with Crippen molar-refractivity contribution < 1.29 is 18.7 Å². The lowest BCUT2D eigenvalue weighted by atomic mass is 10.3. The Kier molecular flexibility index (Phi) is 7.94. The van der Waals surface area contributed by atoms with Crippen LogP contribution in [0.4, 0.5) is 10.1 Å². The van der Waals surface area contributed by atoms with Gasteiger partial charge in [-0.3, -0.25) is 9.59 Å². The first kappa shape index (κ1) is 21.1. The monoisotopic (exact) mass is 410 g/mol. The highest BCUT2D eigenvalue weighted by Gasteiger charge is 2.14. The average Bonchev–Trinajstić information content (AvgIpc) is 2.63. The molecule has 0 atom stereocenters. The third kappa shape index (κ3) is 6.77. The van der Waals surface area contributed by atoms with Gasteiger partial charge in [0.2, 0.25) is 11.8 Å². The number of rotatable bonds is 8. The van der Waals surface area contributed by atoms with Crippen molar-refractivity contribution in [2.75, 3.05) is 31.8 Å². The largest absolute Gasteiger partial charge is 0.495 e. The molecule has 0 aliphatic rings. The van der Waals surface area contributed by atoms with Crippen molar-refractivity contribution in [2.24, 2.45) is 0 Å². The van der Waals surface area contributed by atoms with Gasteiger partial charge in [-0.1, -0.05) is 11.6 Å². The highest BCUT2D eigenvalue weighted by atomic mass is 35.5. The molecule has 2 rings (SSSR count). The predicted octanol–water partition coefficient (Wildman–Crippen LogP) is 4.07. The van der Waals surface area contributed by atoms with E-state index >= 15 is 0 Å². The van der Waals surface area contributed by atoms with Crippen LogP contribution in [0.5, 0.6) is 5.75 Å². The standard InChI is InChI=1S/C19H20ClFN2O3S/c1-23(19(25)9-10-27-15-6-4-14(21)5-7-15)12-18(24)22-16-11-13(20)3-8-17(16)26-2/h3-8,11H,9-10,12H2,1-2H3,(H,22,24). The smallest absolute Gasteiger partial charge is 0.244 e. The Morgan fingerprint density at radius 2 is 1.93 bits per heavy atom. The molecule has 0 heterocycles. The molecule has 0 radical (unpaired) electrons. The highest BCUT2D eigenvalue weighted by molar-refractivity contribution is 7.99. The number of likely N-dealkylation sites (N-methyl/N-ethyl adjacent to an activating group) is 1. The molecule has 0 saturated heterocycles. The summed E-state index contributed by atoms with van der Waals surface area (Å²) >= 11 is 7.39. The van der Waals surface area contributed by atoms with Crippen molar-refractivity contribution in [3.8, 4) is 5.75 Å². The molecule has 0 fully saturated rings. The van der Waals surface area contributed by atoms with Gasteiger partial charge in [0.25, 0.3) is 0 Å². The van der Waals surface area contributed by atoms with Crippen molar-refractivity contribution in [2.45, 2.75) is 11.3 Å². The first-order valence-electron chi connectivity index (χ1n) is 8.14. The molecule has 27 heavy (non-hydrogen) atoms. The summed E-state index contributed by atoms with van der Waals surface area (Å²) in [5.74, 6) is 0.226. The van der Waals surface area contributed by atoms with Crippen molar-refractivity contribution >= 4 is 40.9 Å². The Morgan fingerprint density at radius 3 is 2.59 bits per heavy atom. The van der Waals surface area contributed by atoms with Gasteiger partial charge in [-0.2, -0.15) is 0 Å². The molecule has 0 unspecified atom stereocenters. The van der Waals surface area contributed by atoms with Crippen LogP contribution < -0.4 is 10.1 Å². The van der Waals surface area contributed by atoms with Crippen LogP contribution in [0.25, 0.3) is 0 Å². The molecule has 5 nitrogen and oxygen atoms in total. The summed E-state index contributed by atoms with van der Waals surface area (Å²) in [4.78, 5) is 26.6.